The minimum absolute atomic E-state index is 0.0892. The van der Waals surface area contributed by atoms with E-state index in [9.17, 15) is 0 Å². The maximum absolute atomic E-state index is 4.42. The molecule has 0 aliphatic rings. The number of hydrogen-bond donors (Lipinski definition) is 2. The molecule has 0 bridgehead atoms. The second-order valence-corrected chi connectivity index (χ2v) is 5.27. The minimum Gasteiger partial charge on any atom is -0.373 e. The van der Waals surface area contributed by atoms with Gasteiger partial charge < -0.3 is 10.6 Å². The largest absolute Gasteiger partial charge is 0.373 e. The lowest BCUT2D eigenvalue weighted by molar-refractivity contribution is 0.800. The molecule has 0 aliphatic heterocycles. The third kappa shape index (κ3) is 3.45. The van der Waals surface area contributed by atoms with E-state index in [1.165, 1.54) is 0 Å². The standard InChI is InChI=1S/C16H19N7/c1-11-10-15(17-3)21-16(19-11)20-12(2)13-4-6-14(7-5-13)23-9-8-18-22-23/h4-10,12H,1-3H3,(H2,17,19,20,21). The van der Waals surface area contributed by atoms with Gasteiger partial charge in [0.15, 0.2) is 0 Å². The van der Waals surface area contributed by atoms with E-state index >= 15 is 0 Å². The molecule has 2 heterocycles. The summed E-state index contributed by atoms with van der Waals surface area (Å²) >= 11 is 0. The Morgan fingerprint density at radius 3 is 2.57 bits per heavy atom. The Bertz CT molecular complexity index is 766. The van der Waals surface area contributed by atoms with Gasteiger partial charge in [0.05, 0.1) is 24.1 Å². The average molecular weight is 309 g/mol. The van der Waals surface area contributed by atoms with Crippen LogP contribution in [0.25, 0.3) is 5.69 Å². The maximum Gasteiger partial charge on any atom is 0.225 e. The summed E-state index contributed by atoms with van der Waals surface area (Å²) in [6, 6.07) is 10.1. The van der Waals surface area contributed by atoms with Gasteiger partial charge in [0.2, 0.25) is 5.95 Å². The van der Waals surface area contributed by atoms with Gasteiger partial charge in [-0.2, -0.15) is 4.98 Å². The van der Waals surface area contributed by atoms with Crippen molar-refractivity contribution in [2.24, 2.45) is 0 Å². The summed E-state index contributed by atoms with van der Waals surface area (Å²) in [6.45, 7) is 4.03. The lowest BCUT2D eigenvalue weighted by atomic mass is 10.1. The molecule has 0 saturated heterocycles. The first-order valence-corrected chi connectivity index (χ1v) is 7.42. The van der Waals surface area contributed by atoms with Crippen LogP contribution in [0.1, 0.15) is 24.2 Å². The normalized spacial score (nSPS) is 12.0. The third-order valence-electron chi connectivity index (χ3n) is 3.54. The zero-order valence-electron chi connectivity index (χ0n) is 13.4. The summed E-state index contributed by atoms with van der Waals surface area (Å²) in [5.41, 5.74) is 3.04. The van der Waals surface area contributed by atoms with Gasteiger partial charge in [0.1, 0.15) is 5.82 Å². The Labute approximate surface area is 134 Å². The number of aryl methyl sites for hydroxylation is 1. The SMILES string of the molecule is CNc1cc(C)nc(NC(C)c2ccc(-n3ccnn3)cc2)n1. The van der Waals surface area contributed by atoms with Crippen molar-refractivity contribution in [1.29, 1.82) is 0 Å². The van der Waals surface area contributed by atoms with Gasteiger partial charge >= 0.3 is 0 Å². The van der Waals surface area contributed by atoms with Crippen molar-refractivity contribution in [2.45, 2.75) is 19.9 Å². The Balaban J connectivity index is 1.75. The molecule has 0 spiro atoms. The minimum atomic E-state index is 0.0892. The van der Waals surface area contributed by atoms with Crippen LogP contribution < -0.4 is 10.6 Å². The number of nitrogens with zero attached hydrogens (tertiary/aromatic N) is 5. The highest BCUT2D eigenvalue weighted by atomic mass is 15.4. The number of rotatable bonds is 5. The van der Waals surface area contributed by atoms with Crippen molar-refractivity contribution < 1.29 is 0 Å². The van der Waals surface area contributed by atoms with E-state index in [2.05, 4.69) is 50.0 Å². The number of anilines is 2. The first-order chi connectivity index (χ1) is 11.2. The smallest absolute Gasteiger partial charge is 0.225 e. The Kier molecular flexibility index (Phi) is 4.18. The van der Waals surface area contributed by atoms with Gasteiger partial charge in [-0.05, 0) is 31.5 Å². The van der Waals surface area contributed by atoms with Crippen LogP contribution in [-0.2, 0) is 0 Å². The molecule has 3 rings (SSSR count). The van der Waals surface area contributed by atoms with E-state index in [1.54, 1.807) is 10.9 Å². The van der Waals surface area contributed by atoms with Gasteiger partial charge in [-0.3, -0.25) is 0 Å². The van der Waals surface area contributed by atoms with E-state index in [0.29, 0.717) is 5.95 Å². The molecule has 1 unspecified atom stereocenters. The molecule has 0 saturated carbocycles. The van der Waals surface area contributed by atoms with Crippen LogP contribution in [0.4, 0.5) is 11.8 Å². The van der Waals surface area contributed by atoms with Gasteiger partial charge in [0, 0.05) is 18.8 Å². The molecular weight excluding hydrogens is 290 g/mol. The second kappa shape index (κ2) is 6.43. The summed E-state index contributed by atoms with van der Waals surface area (Å²) < 4.78 is 1.73. The zero-order chi connectivity index (χ0) is 16.2. The Morgan fingerprint density at radius 2 is 1.91 bits per heavy atom. The quantitative estimate of drug-likeness (QED) is 0.754. The van der Waals surface area contributed by atoms with Crippen LogP contribution in [0.2, 0.25) is 0 Å². The average Bonchev–Trinajstić information content (AvgIpc) is 3.09. The van der Waals surface area contributed by atoms with Crippen LogP contribution in [0.15, 0.2) is 42.7 Å². The monoisotopic (exact) mass is 309 g/mol. The molecule has 1 aromatic carbocycles. The topological polar surface area (TPSA) is 80.5 Å². The van der Waals surface area contributed by atoms with Gasteiger partial charge in [-0.25, -0.2) is 9.67 Å². The van der Waals surface area contributed by atoms with E-state index in [1.807, 2.05) is 38.4 Å². The molecule has 3 aromatic rings. The fourth-order valence-corrected chi connectivity index (χ4v) is 2.30. The third-order valence-corrected chi connectivity index (χ3v) is 3.54. The van der Waals surface area contributed by atoms with Crippen molar-refractivity contribution in [3.63, 3.8) is 0 Å². The highest BCUT2D eigenvalue weighted by molar-refractivity contribution is 5.43. The highest BCUT2D eigenvalue weighted by Crippen LogP contribution is 2.19. The molecule has 0 fully saturated rings. The van der Waals surface area contributed by atoms with Crippen molar-refractivity contribution >= 4 is 11.8 Å². The predicted molar refractivity (Wildman–Crippen MR) is 89.7 cm³/mol. The summed E-state index contributed by atoms with van der Waals surface area (Å²) in [4.78, 5) is 8.84. The highest BCUT2D eigenvalue weighted by Gasteiger charge is 2.09. The molecule has 2 N–H and O–H groups in total. The Hall–Kier alpha value is -2.96. The molecule has 0 radical (unpaired) electrons. The van der Waals surface area contributed by atoms with Crippen molar-refractivity contribution in [1.82, 2.24) is 25.0 Å². The number of nitrogens with one attached hydrogen (secondary N) is 2. The van der Waals surface area contributed by atoms with E-state index < -0.39 is 0 Å². The van der Waals surface area contributed by atoms with Crippen LogP contribution in [0, 0.1) is 6.92 Å². The molecule has 1 atom stereocenters. The first-order valence-electron chi connectivity index (χ1n) is 7.42. The zero-order valence-corrected chi connectivity index (χ0v) is 13.4. The lowest BCUT2D eigenvalue weighted by Gasteiger charge is -2.15. The van der Waals surface area contributed by atoms with Gasteiger partial charge in [0.25, 0.3) is 0 Å². The summed E-state index contributed by atoms with van der Waals surface area (Å²) in [5.74, 6) is 1.41. The molecule has 7 nitrogen and oxygen atoms in total. The fourth-order valence-electron chi connectivity index (χ4n) is 2.30. The molecule has 118 valence electrons. The summed E-state index contributed by atoms with van der Waals surface area (Å²) in [7, 11) is 1.85. The van der Waals surface area contributed by atoms with Crippen LogP contribution in [0.5, 0.6) is 0 Å². The number of aromatic nitrogens is 5. The first kappa shape index (κ1) is 15.0. The number of benzene rings is 1. The Morgan fingerprint density at radius 1 is 1.13 bits per heavy atom. The van der Waals surface area contributed by atoms with E-state index in [4.69, 9.17) is 0 Å². The van der Waals surface area contributed by atoms with Crippen LogP contribution in [-0.4, -0.2) is 32.0 Å². The van der Waals surface area contributed by atoms with Crippen molar-refractivity contribution in [3.05, 3.63) is 54.0 Å². The molecule has 23 heavy (non-hydrogen) atoms. The predicted octanol–water partition coefficient (Wildman–Crippen LogP) is 2.58. The molecule has 2 aromatic heterocycles. The van der Waals surface area contributed by atoms with E-state index in [-0.39, 0.29) is 6.04 Å². The summed E-state index contributed by atoms with van der Waals surface area (Å²) in [6.07, 6.45) is 3.48. The molecular formula is C16H19N7. The fraction of sp³-hybridized carbons (Fsp3) is 0.250. The molecule has 0 aliphatic carbocycles. The van der Waals surface area contributed by atoms with Crippen LogP contribution in [0.3, 0.4) is 0 Å². The van der Waals surface area contributed by atoms with E-state index in [0.717, 1.165) is 22.8 Å². The lowest BCUT2D eigenvalue weighted by Crippen LogP contribution is -2.11. The summed E-state index contributed by atoms with van der Waals surface area (Å²) in [5, 5.41) is 14.2. The van der Waals surface area contributed by atoms with Gasteiger partial charge in [-0.15, -0.1) is 5.10 Å². The number of hydrogen-bond acceptors (Lipinski definition) is 6. The van der Waals surface area contributed by atoms with Crippen LogP contribution >= 0.6 is 0 Å². The van der Waals surface area contributed by atoms with Crippen molar-refractivity contribution in [2.75, 3.05) is 17.7 Å². The molecule has 0 amide bonds. The van der Waals surface area contributed by atoms with Crippen molar-refractivity contribution in [3.8, 4) is 5.69 Å². The molecule has 7 heteroatoms. The maximum atomic E-state index is 4.42. The van der Waals surface area contributed by atoms with Gasteiger partial charge in [-0.1, -0.05) is 17.3 Å². The second-order valence-electron chi connectivity index (χ2n) is 5.27.